The van der Waals surface area contributed by atoms with Crippen LogP contribution in [0, 0.1) is 0 Å². The summed E-state index contributed by atoms with van der Waals surface area (Å²) in [7, 11) is 0. The van der Waals surface area contributed by atoms with Gasteiger partial charge in [-0.3, -0.25) is 4.79 Å². The minimum Gasteiger partial charge on any atom is -0.486 e. The molecule has 1 amide bonds. The molecule has 0 radical (unpaired) electrons. The number of halogens is 1. The van der Waals surface area contributed by atoms with Gasteiger partial charge in [0.15, 0.2) is 5.75 Å². The van der Waals surface area contributed by atoms with Crippen LogP contribution in [0.25, 0.3) is 0 Å². The third-order valence-corrected chi connectivity index (χ3v) is 2.02. The molecule has 4 nitrogen and oxygen atoms in total. The van der Waals surface area contributed by atoms with E-state index in [0.717, 1.165) is 0 Å². The van der Waals surface area contributed by atoms with E-state index in [4.69, 9.17) is 27.8 Å². The standard InChI is InChI=1S/C11H15ClN2O2/c1-11(2,3)16-9-7(10(14)15)4-6(13)5-8(9)12/h4-5H,13H2,1-3H3,(H2,14,15). The van der Waals surface area contributed by atoms with Crippen molar-refractivity contribution in [2.24, 2.45) is 5.73 Å². The van der Waals surface area contributed by atoms with Crippen molar-refractivity contribution in [3.05, 3.63) is 22.7 Å². The molecule has 0 fully saturated rings. The number of nitrogens with two attached hydrogens (primary N) is 2. The van der Waals surface area contributed by atoms with Crippen LogP contribution in [-0.2, 0) is 0 Å². The Hall–Kier alpha value is -1.42. The highest BCUT2D eigenvalue weighted by molar-refractivity contribution is 6.33. The monoisotopic (exact) mass is 242 g/mol. The Morgan fingerprint density at radius 3 is 2.38 bits per heavy atom. The van der Waals surface area contributed by atoms with E-state index in [1.807, 2.05) is 20.8 Å². The molecule has 16 heavy (non-hydrogen) atoms. The fraction of sp³-hybridized carbons (Fsp3) is 0.364. The van der Waals surface area contributed by atoms with Crippen molar-refractivity contribution >= 4 is 23.2 Å². The number of amides is 1. The maximum absolute atomic E-state index is 11.2. The molecular formula is C11H15ClN2O2. The Kier molecular flexibility index (Phi) is 3.33. The summed E-state index contributed by atoms with van der Waals surface area (Å²) in [6.07, 6.45) is 0. The average Bonchev–Trinajstić information content (AvgIpc) is 2.07. The van der Waals surface area contributed by atoms with E-state index in [2.05, 4.69) is 0 Å². The molecule has 4 N–H and O–H groups in total. The first-order valence-electron chi connectivity index (χ1n) is 4.78. The molecule has 0 aliphatic rings. The molecule has 88 valence electrons. The lowest BCUT2D eigenvalue weighted by Crippen LogP contribution is -2.25. The minimum absolute atomic E-state index is 0.194. The van der Waals surface area contributed by atoms with E-state index < -0.39 is 11.5 Å². The molecule has 1 aromatic rings. The summed E-state index contributed by atoms with van der Waals surface area (Å²) in [4.78, 5) is 11.2. The first-order valence-corrected chi connectivity index (χ1v) is 5.16. The number of carbonyl (C=O) groups is 1. The second-order valence-electron chi connectivity index (χ2n) is 4.46. The number of rotatable bonds is 2. The number of nitrogen functional groups attached to an aromatic ring is 1. The largest absolute Gasteiger partial charge is 0.486 e. The van der Waals surface area contributed by atoms with E-state index in [0.29, 0.717) is 5.69 Å². The molecule has 0 aliphatic heterocycles. The van der Waals surface area contributed by atoms with E-state index >= 15 is 0 Å². The topological polar surface area (TPSA) is 78.3 Å². The lowest BCUT2D eigenvalue weighted by Gasteiger charge is -2.23. The molecule has 0 unspecified atom stereocenters. The van der Waals surface area contributed by atoms with Crippen LogP contribution in [-0.4, -0.2) is 11.5 Å². The van der Waals surface area contributed by atoms with Crippen LogP contribution < -0.4 is 16.2 Å². The molecule has 5 heteroatoms. The number of primary amides is 1. The summed E-state index contributed by atoms with van der Waals surface area (Å²) in [6, 6.07) is 2.98. The third-order valence-electron chi connectivity index (χ3n) is 1.74. The molecule has 0 spiro atoms. The lowest BCUT2D eigenvalue weighted by molar-refractivity contribution is 0.0978. The fourth-order valence-corrected chi connectivity index (χ4v) is 1.47. The van der Waals surface area contributed by atoms with Crippen molar-refractivity contribution in [1.82, 2.24) is 0 Å². The SMILES string of the molecule is CC(C)(C)Oc1c(Cl)cc(N)cc1C(N)=O. The zero-order valence-corrected chi connectivity index (χ0v) is 10.3. The van der Waals surface area contributed by atoms with Gasteiger partial charge in [0.2, 0.25) is 0 Å². The van der Waals surface area contributed by atoms with Crippen molar-refractivity contribution in [3.8, 4) is 5.75 Å². The van der Waals surface area contributed by atoms with Crippen LogP contribution in [0.1, 0.15) is 31.1 Å². The maximum Gasteiger partial charge on any atom is 0.252 e. The van der Waals surface area contributed by atoms with Crippen LogP contribution in [0.5, 0.6) is 5.75 Å². The van der Waals surface area contributed by atoms with Gasteiger partial charge in [-0.05, 0) is 32.9 Å². The van der Waals surface area contributed by atoms with Crippen molar-refractivity contribution in [1.29, 1.82) is 0 Å². The van der Waals surface area contributed by atoms with Gasteiger partial charge in [0.25, 0.3) is 5.91 Å². The van der Waals surface area contributed by atoms with Gasteiger partial charge in [0.1, 0.15) is 5.60 Å². The second-order valence-corrected chi connectivity index (χ2v) is 4.87. The predicted octanol–water partition coefficient (Wildman–Crippen LogP) is 2.20. The number of hydrogen-bond donors (Lipinski definition) is 2. The van der Waals surface area contributed by atoms with E-state index in [-0.39, 0.29) is 16.3 Å². The molecular weight excluding hydrogens is 228 g/mol. The molecule has 0 heterocycles. The zero-order chi connectivity index (χ0) is 12.5. The first-order chi connectivity index (χ1) is 7.20. The maximum atomic E-state index is 11.2. The molecule has 1 aromatic carbocycles. The molecule has 0 saturated carbocycles. The summed E-state index contributed by atoms with van der Waals surface area (Å²) < 4.78 is 5.59. The van der Waals surface area contributed by atoms with Crippen LogP contribution in [0.2, 0.25) is 5.02 Å². The van der Waals surface area contributed by atoms with Gasteiger partial charge in [0.05, 0.1) is 10.6 Å². The van der Waals surface area contributed by atoms with Crippen LogP contribution in [0.3, 0.4) is 0 Å². The summed E-state index contributed by atoms with van der Waals surface area (Å²) in [6.45, 7) is 5.55. The van der Waals surface area contributed by atoms with E-state index in [9.17, 15) is 4.79 Å². The molecule has 1 rings (SSSR count). The smallest absolute Gasteiger partial charge is 0.252 e. The Morgan fingerprint density at radius 2 is 1.94 bits per heavy atom. The van der Waals surface area contributed by atoms with Crippen LogP contribution in [0.15, 0.2) is 12.1 Å². The summed E-state index contributed by atoms with van der Waals surface area (Å²) in [5.74, 6) is -0.343. The van der Waals surface area contributed by atoms with Gasteiger partial charge >= 0.3 is 0 Å². The minimum atomic E-state index is -0.617. The van der Waals surface area contributed by atoms with Crippen molar-refractivity contribution < 1.29 is 9.53 Å². The van der Waals surface area contributed by atoms with Crippen molar-refractivity contribution in [3.63, 3.8) is 0 Å². The summed E-state index contributed by atoms with van der Waals surface area (Å²) in [5, 5.41) is 0.281. The van der Waals surface area contributed by atoms with Gasteiger partial charge in [0, 0.05) is 5.69 Å². The highest BCUT2D eigenvalue weighted by Crippen LogP contribution is 2.33. The number of hydrogen-bond acceptors (Lipinski definition) is 3. The molecule has 0 saturated heterocycles. The number of benzene rings is 1. The lowest BCUT2D eigenvalue weighted by atomic mass is 10.1. The Bertz CT molecular complexity index is 425. The molecule has 0 bridgehead atoms. The normalized spacial score (nSPS) is 11.2. The number of anilines is 1. The van der Waals surface area contributed by atoms with Gasteiger partial charge in [-0.2, -0.15) is 0 Å². The Labute approximate surface area is 99.5 Å². The number of ether oxygens (including phenoxy) is 1. The number of carbonyl (C=O) groups excluding carboxylic acids is 1. The van der Waals surface area contributed by atoms with Crippen molar-refractivity contribution in [2.45, 2.75) is 26.4 Å². The zero-order valence-electron chi connectivity index (χ0n) is 9.50. The predicted molar refractivity (Wildman–Crippen MR) is 64.8 cm³/mol. The van der Waals surface area contributed by atoms with Crippen molar-refractivity contribution in [2.75, 3.05) is 5.73 Å². The van der Waals surface area contributed by atoms with Gasteiger partial charge in [-0.25, -0.2) is 0 Å². The van der Waals surface area contributed by atoms with Gasteiger partial charge in [-0.15, -0.1) is 0 Å². The molecule has 0 aliphatic carbocycles. The Balaban J connectivity index is 3.30. The van der Waals surface area contributed by atoms with Crippen LogP contribution in [0.4, 0.5) is 5.69 Å². The Morgan fingerprint density at radius 1 is 1.38 bits per heavy atom. The highest BCUT2D eigenvalue weighted by atomic mass is 35.5. The average molecular weight is 243 g/mol. The van der Waals surface area contributed by atoms with E-state index in [1.165, 1.54) is 12.1 Å². The quantitative estimate of drug-likeness (QED) is 0.781. The van der Waals surface area contributed by atoms with Gasteiger partial charge < -0.3 is 16.2 Å². The summed E-state index contributed by atoms with van der Waals surface area (Å²) >= 11 is 5.97. The molecule has 0 aromatic heterocycles. The first kappa shape index (κ1) is 12.6. The van der Waals surface area contributed by atoms with E-state index in [1.54, 1.807) is 0 Å². The third kappa shape index (κ3) is 3.03. The fourth-order valence-electron chi connectivity index (χ4n) is 1.21. The highest BCUT2D eigenvalue weighted by Gasteiger charge is 2.20. The summed E-state index contributed by atoms with van der Waals surface area (Å²) in [5.41, 5.74) is 10.9. The molecule has 0 atom stereocenters. The van der Waals surface area contributed by atoms with Gasteiger partial charge in [-0.1, -0.05) is 11.6 Å². The second kappa shape index (κ2) is 4.22. The van der Waals surface area contributed by atoms with Crippen LogP contribution >= 0.6 is 11.6 Å².